The van der Waals surface area contributed by atoms with Gasteiger partial charge in [0.25, 0.3) is 5.91 Å². The number of hydrogen-bond donors (Lipinski definition) is 1. The van der Waals surface area contributed by atoms with E-state index in [0.717, 1.165) is 22.2 Å². The van der Waals surface area contributed by atoms with Crippen molar-refractivity contribution in [1.29, 1.82) is 0 Å². The molecule has 2 aromatic carbocycles. The largest absolute Gasteiger partial charge is 0.497 e. The van der Waals surface area contributed by atoms with E-state index >= 15 is 0 Å². The van der Waals surface area contributed by atoms with E-state index in [1.165, 1.54) is 11.8 Å². The Labute approximate surface area is 183 Å². The average molecular weight is 436 g/mol. The summed E-state index contributed by atoms with van der Waals surface area (Å²) in [6, 6.07) is 17.0. The fourth-order valence-electron chi connectivity index (χ4n) is 3.22. The first-order valence-corrected chi connectivity index (χ1v) is 10.8. The summed E-state index contributed by atoms with van der Waals surface area (Å²) in [4.78, 5) is 13.0. The standard InChI is InChI=1S/C22H21N5O3S/c1-14-19(20(26-30-14)15-7-5-4-6-8-15)21(28)23-13-18-24-25-22(31-3)27(18)16-9-11-17(29-2)12-10-16/h4-12H,13H2,1-3H3,(H,23,28). The van der Waals surface area contributed by atoms with Crippen molar-refractivity contribution in [2.24, 2.45) is 0 Å². The van der Waals surface area contributed by atoms with Crippen LogP contribution in [0.25, 0.3) is 16.9 Å². The van der Waals surface area contributed by atoms with Crippen molar-refractivity contribution in [2.75, 3.05) is 13.4 Å². The van der Waals surface area contributed by atoms with Crippen LogP contribution in [-0.2, 0) is 6.54 Å². The van der Waals surface area contributed by atoms with Crippen molar-refractivity contribution in [3.63, 3.8) is 0 Å². The number of rotatable bonds is 7. The molecule has 0 fully saturated rings. The third-order valence-corrected chi connectivity index (χ3v) is 5.39. The Morgan fingerprint density at radius 1 is 1.13 bits per heavy atom. The molecule has 0 atom stereocenters. The number of methoxy groups -OCH3 is 1. The first-order valence-electron chi connectivity index (χ1n) is 9.55. The van der Waals surface area contributed by atoms with Crippen LogP contribution in [-0.4, -0.2) is 39.2 Å². The highest BCUT2D eigenvalue weighted by atomic mass is 32.2. The third-order valence-electron chi connectivity index (χ3n) is 4.76. The van der Waals surface area contributed by atoms with Gasteiger partial charge < -0.3 is 14.6 Å². The number of nitrogens with zero attached hydrogens (tertiary/aromatic N) is 4. The Morgan fingerprint density at radius 3 is 2.55 bits per heavy atom. The molecule has 1 amide bonds. The smallest absolute Gasteiger partial charge is 0.257 e. The first-order chi connectivity index (χ1) is 15.1. The maximum Gasteiger partial charge on any atom is 0.257 e. The SMILES string of the molecule is COc1ccc(-n2c(CNC(=O)c3c(-c4ccccc4)noc3C)nnc2SC)cc1. The quantitative estimate of drug-likeness (QED) is 0.440. The maximum absolute atomic E-state index is 13.0. The summed E-state index contributed by atoms with van der Waals surface area (Å²) in [5.41, 5.74) is 2.62. The lowest BCUT2D eigenvalue weighted by atomic mass is 10.1. The van der Waals surface area contributed by atoms with Crippen LogP contribution in [0.1, 0.15) is 21.9 Å². The van der Waals surface area contributed by atoms with Gasteiger partial charge in [0.15, 0.2) is 11.0 Å². The molecule has 0 saturated heterocycles. The van der Waals surface area contributed by atoms with Gasteiger partial charge in [-0.1, -0.05) is 47.3 Å². The van der Waals surface area contributed by atoms with Crippen molar-refractivity contribution < 1.29 is 14.1 Å². The van der Waals surface area contributed by atoms with E-state index < -0.39 is 0 Å². The molecule has 0 aliphatic heterocycles. The fourth-order valence-corrected chi connectivity index (χ4v) is 3.73. The molecule has 0 radical (unpaired) electrons. The zero-order valence-electron chi connectivity index (χ0n) is 17.3. The van der Waals surface area contributed by atoms with Crippen LogP contribution in [0.4, 0.5) is 0 Å². The molecule has 2 heterocycles. The molecule has 0 unspecified atom stereocenters. The number of carbonyl (C=O) groups excluding carboxylic acids is 1. The minimum absolute atomic E-state index is 0.192. The number of ether oxygens (including phenoxy) is 1. The van der Waals surface area contributed by atoms with E-state index in [1.54, 1.807) is 14.0 Å². The van der Waals surface area contributed by atoms with Gasteiger partial charge in [0.05, 0.1) is 13.7 Å². The predicted octanol–water partition coefficient (Wildman–Crippen LogP) is 3.89. The molecular weight excluding hydrogens is 414 g/mol. The highest BCUT2D eigenvalue weighted by Gasteiger charge is 2.22. The lowest BCUT2D eigenvalue weighted by Crippen LogP contribution is -2.25. The molecule has 0 aliphatic carbocycles. The number of hydrogen-bond acceptors (Lipinski definition) is 7. The number of thioether (sulfide) groups is 1. The van der Waals surface area contributed by atoms with Gasteiger partial charge in [0.1, 0.15) is 22.8 Å². The van der Waals surface area contributed by atoms with Crippen LogP contribution in [0.5, 0.6) is 5.75 Å². The molecule has 0 aliphatic rings. The first kappa shape index (κ1) is 20.7. The highest BCUT2D eigenvalue weighted by molar-refractivity contribution is 7.98. The minimum atomic E-state index is -0.285. The molecule has 1 N–H and O–H groups in total. The summed E-state index contributed by atoms with van der Waals surface area (Å²) in [6.45, 7) is 1.91. The third kappa shape index (κ3) is 4.17. The molecule has 8 nitrogen and oxygen atoms in total. The Hall–Kier alpha value is -3.59. The zero-order chi connectivity index (χ0) is 21.8. The van der Waals surface area contributed by atoms with Crippen molar-refractivity contribution in [1.82, 2.24) is 25.2 Å². The van der Waals surface area contributed by atoms with E-state index in [2.05, 4.69) is 20.7 Å². The van der Waals surface area contributed by atoms with Crippen LogP contribution in [0.3, 0.4) is 0 Å². The number of nitrogens with one attached hydrogen (secondary N) is 1. The molecule has 0 saturated carbocycles. The monoisotopic (exact) mass is 435 g/mol. The van der Waals surface area contributed by atoms with Gasteiger partial charge in [0, 0.05) is 11.3 Å². The summed E-state index contributed by atoms with van der Waals surface area (Å²) in [6.07, 6.45) is 1.93. The summed E-state index contributed by atoms with van der Waals surface area (Å²) in [5, 5.41) is 16.2. The van der Waals surface area contributed by atoms with E-state index in [0.29, 0.717) is 22.8 Å². The molecule has 9 heteroatoms. The second kappa shape index (κ2) is 9.05. The lowest BCUT2D eigenvalue weighted by Gasteiger charge is -2.11. The second-order valence-electron chi connectivity index (χ2n) is 6.65. The Bertz CT molecular complexity index is 1190. The van der Waals surface area contributed by atoms with Crippen LogP contribution in [0.2, 0.25) is 0 Å². The van der Waals surface area contributed by atoms with Crippen molar-refractivity contribution in [3.8, 4) is 22.7 Å². The molecule has 4 aromatic rings. The van der Waals surface area contributed by atoms with E-state index in [1.807, 2.05) is 65.4 Å². The lowest BCUT2D eigenvalue weighted by molar-refractivity contribution is 0.0948. The van der Waals surface area contributed by atoms with Crippen LogP contribution >= 0.6 is 11.8 Å². The van der Waals surface area contributed by atoms with Gasteiger partial charge in [0.2, 0.25) is 0 Å². The summed E-state index contributed by atoms with van der Waals surface area (Å²) in [5.74, 6) is 1.54. The molecule has 0 bridgehead atoms. The average Bonchev–Trinajstić information content (AvgIpc) is 3.41. The summed E-state index contributed by atoms with van der Waals surface area (Å²) in [7, 11) is 1.62. The molecule has 4 rings (SSSR count). The zero-order valence-corrected chi connectivity index (χ0v) is 18.1. The van der Waals surface area contributed by atoms with Gasteiger partial charge >= 0.3 is 0 Å². The molecular formula is C22H21N5O3S. The van der Waals surface area contributed by atoms with Gasteiger partial charge in [-0.2, -0.15) is 0 Å². The van der Waals surface area contributed by atoms with Gasteiger partial charge in [-0.25, -0.2) is 0 Å². The van der Waals surface area contributed by atoms with Crippen molar-refractivity contribution in [2.45, 2.75) is 18.6 Å². The van der Waals surface area contributed by atoms with Crippen LogP contribution in [0.15, 0.2) is 64.3 Å². The number of benzene rings is 2. The second-order valence-corrected chi connectivity index (χ2v) is 7.42. The summed E-state index contributed by atoms with van der Waals surface area (Å²) < 4.78 is 12.4. The Morgan fingerprint density at radius 2 is 1.87 bits per heavy atom. The molecule has 31 heavy (non-hydrogen) atoms. The molecule has 2 aromatic heterocycles. The fraction of sp³-hybridized carbons (Fsp3) is 0.182. The normalized spacial score (nSPS) is 10.8. The summed E-state index contributed by atoms with van der Waals surface area (Å²) >= 11 is 1.48. The van der Waals surface area contributed by atoms with Gasteiger partial charge in [-0.15, -0.1) is 10.2 Å². The van der Waals surface area contributed by atoms with E-state index in [4.69, 9.17) is 9.26 Å². The highest BCUT2D eigenvalue weighted by Crippen LogP contribution is 2.26. The van der Waals surface area contributed by atoms with E-state index in [9.17, 15) is 4.79 Å². The van der Waals surface area contributed by atoms with Crippen LogP contribution < -0.4 is 10.1 Å². The predicted molar refractivity (Wildman–Crippen MR) is 118 cm³/mol. The van der Waals surface area contributed by atoms with E-state index in [-0.39, 0.29) is 12.5 Å². The number of amides is 1. The number of aryl methyl sites for hydroxylation is 1. The van der Waals surface area contributed by atoms with Gasteiger partial charge in [-0.3, -0.25) is 9.36 Å². The Kier molecular flexibility index (Phi) is 6.03. The maximum atomic E-state index is 13.0. The number of carbonyl (C=O) groups is 1. The number of aromatic nitrogens is 4. The van der Waals surface area contributed by atoms with Crippen molar-refractivity contribution >= 4 is 17.7 Å². The topological polar surface area (TPSA) is 95.1 Å². The van der Waals surface area contributed by atoms with Crippen molar-refractivity contribution in [3.05, 3.63) is 71.7 Å². The van der Waals surface area contributed by atoms with Crippen LogP contribution in [0, 0.1) is 6.92 Å². The van der Waals surface area contributed by atoms with Gasteiger partial charge in [-0.05, 0) is 37.4 Å². The minimum Gasteiger partial charge on any atom is -0.497 e. The molecule has 0 spiro atoms. The Balaban J connectivity index is 1.59. The molecule has 158 valence electrons.